The van der Waals surface area contributed by atoms with Crippen molar-refractivity contribution in [1.82, 2.24) is 0 Å². The first-order valence-electron chi connectivity index (χ1n) is 8.22. The molecule has 1 fully saturated rings. The van der Waals surface area contributed by atoms with E-state index in [9.17, 15) is 4.79 Å². The maximum absolute atomic E-state index is 12.7. The maximum Gasteiger partial charge on any atom is 0.259 e. The second-order valence-corrected chi connectivity index (χ2v) is 6.46. The molecule has 0 radical (unpaired) electrons. The summed E-state index contributed by atoms with van der Waals surface area (Å²) < 4.78 is 6.03. The Morgan fingerprint density at radius 3 is 2.75 bits per heavy atom. The van der Waals surface area contributed by atoms with E-state index in [4.69, 9.17) is 22.1 Å². The van der Waals surface area contributed by atoms with Gasteiger partial charge in [-0.2, -0.15) is 0 Å². The average molecular weight is 345 g/mol. The Balaban J connectivity index is 1.80. The summed E-state index contributed by atoms with van der Waals surface area (Å²) in [5.41, 5.74) is 7.76. The van der Waals surface area contributed by atoms with E-state index >= 15 is 0 Å². The number of anilines is 1. The van der Waals surface area contributed by atoms with E-state index in [-0.39, 0.29) is 12.0 Å². The highest BCUT2D eigenvalue weighted by molar-refractivity contribution is 6.31. The normalized spacial score (nSPS) is 14.6. The molecular weight excluding hydrogens is 324 g/mol. The van der Waals surface area contributed by atoms with Crippen LogP contribution in [0.3, 0.4) is 0 Å². The van der Waals surface area contributed by atoms with E-state index in [1.54, 1.807) is 18.2 Å². The Morgan fingerprint density at radius 2 is 2.00 bits per heavy atom. The molecule has 0 spiro atoms. The molecule has 3 rings (SSSR count). The zero-order valence-electron chi connectivity index (χ0n) is 13.4. The molecule has 5 heteroatoms. The molecule has 126 valence electrons. The minimum absolute atomic E-state index is 0.179. The van der Waals surface area contributed by atoms with Crippen LogP contribution in [0, 0.1) is 0 Å². The van der Waals surface area contributed by atoms with Gasteiger partial charge >= 0.3 is 0 Å². The summed E-state index contributed by atoms with van der Waals surface area (Å²) in [5.74, 6) is 0.346. The zero-order valence-corrected chi connectivity index (χ0v) is 14.2. The van der Waals surface area contributed by atoms with Gasteiger partial charge in [-0.25, -0.2) is 0 Å². The second-order valence-electron chi connectivity index (χ2n) is 6.02. The minimum Gasteiger partial charge on any atom is -0.490 e. The van der Waals surface area contributed by atoms with E-state index < -0.39 is 0 Å². The highest BCUT2D eigenvalue weighted by Crippen LogP contribution is 2.29. The van der Waals surface area contributed by atoms with Crippen molar-refractivity contribution in [3.8, 4) is 5.75 Å². The average Bonchev–Trinajstić information content (AvgIpc) is 3.09. The van der Waals surface area contributed by atoms with Crippen LogP contribution >= 0.6 is 11.6 Å². The third kappa shape index (κ3) is 4.08. The van der Waals surface area contributed by atoms with Gasteiger partial charge in [0.15, 0.2) is 0 Å². The summed E-state index contributed by atoms with van der Waals surface area (Å²) in [6.07, 6.45) is 4.58. The van der Waals surface area contributed by atoms with Gasteiger partial charge in [-0.3, -0.25) is 4.79 Å². The summed E-state index contributed by atoms with van der Waals surface area (Å²) in [6.45, 7) is 0.427. The van der Waals surface area contributed by atoms with Gasteiger partial charge in [-0.05, 0) is 61.6 Å². The van der Waals surface area contributed by atoms with E-state index in [2.05, 4.69) is 5.32 Å². The number of nitrogens with two attached hydrogens (primary N) is 1. The predicted octanol–water partition coefficient (Wildman–Crippen LogP) is 4.37. The van der Waals surface area contributed by atoms with Crippen molar-refractivity contribution in [2.45, 2.75) is 38.3 Å². The van der Waals surface area contributed by atoms with Crippen LogP contribution in [0.4, 0.5) is 5.69 Å². The number of ether oxygens (including phenoxy) is 1. The van der Waals surface area contributed by atoms with E-state index in [1.807, 2.05) is 24.3 Å². The lowest BCUT2D eigenvalue weighted by Gasteiger charge is -2.17. The van der Waals surface area contributed by atoms with E-state index in [0.29, 0.717) is 28.6 Å². The Hall–Kier alpha value is -2.04. The third-order valence-corrected chi connectivity index (χ3v) is 4.44. The Labute approximate surface area is 147 Å². The highest BCUT2D eigenvalue weighted by Gasteiger charge is 2.20. The molecule has 0 aliphatic heterocycles. The summed E-state index contributed by atoms with van der Waals surface area (Å²) in [7, 11) is 0. The van der Waals surface area contributed by atoms with Gasteiger partial charge in [0.1, 0.15) is 5.75 Å². The summed E-state index contributed by atoms with van der Waals surface area (Å²) in [6, 6.07) is 12.6. The molecule has 2 aromatic rings. The highest BCUT2D eigenvalue weighted by atomic mass is 35.5. The van der Waals surface area contributed by atoms with Gasteiger partial charge in [-0.1, -0.05) is 23.7 Å². The van der Waals surface area contributed by atoms with E-state index in [0.717, 1.165) is 18.4 Å². The third-order valence-electron chi connectivity index (χ3n) is 4.20. The fraction of sp³-hybridized carbons (Fsp3) is 0.316. The zero-order chi connectivity index (χ0) is 16.9. The molecule has 0 unspecified atom stereocenters. The molecule has 1 aliphatic rings. The number of amides is 1. The molecule has 1 amide bonds. The molecule has 24 heavy (non-hydrogen) atoms. The monoisotopic (exact) mass is 344 g/mol. The number of rotatable bonds is 5. The molecule has 4 nitrogen and oxygen atoms in total. The Bertz CT molecular complexity index is 727. The molecule has 0 atom stereocenters. The van der Waals surface area contributed by atoms with Crippen LogP contribution in [-0.2, 0) is 6.54 Å². The minimum atomic E-state index is -0.236. The number of carbonyl (C=O) groups excluding carboxylic acids is 1. The first-order chi connectivity index (χ1) is 11.7. The quantitative estimate of drug-likeness (QED) is 0.846. The largest absolute Gasteiger partial charge is 0.490 e. The van der Waals surface area contributed by atoms with Gasteiger partial charge in [0.05, 0.1) is 11.7 Å². The van der Waals surface area contributed by atoms with Crippen molar-refractivity contribution in [3.63, 3.8) is 0 Å². The maximum atomic E-state index is 12.7. The first kappa shape index (κ1) is 16.8. The number of halogens is 1. The fourth-order valence-corrected chi connectivity index (χ4v) is 3.11. The summed E-state index contributed by atoms with van der Waals surface area (Å²) >= 11 is 6.08. The van der Waals surface area contributed by atoms with Crippen LogP contribution < -0.4 is 15.8 Å². The van der Waals surface area contributed by atoms with Crippen molar-refractivity contribution >= 4 is 23.2 Å². The standard InChI is InChI=1S/C19H21ClN2O2/c20-14-8-9-18(24-16-6-1-2-7-16)17(11-14)19(23)22-15-5-3-4-13(10-15)12-21/h3-5,8-11,16H,1-2,6-7,12,21H2,(H,22,23). The molecule has 1 aliphatic carbocycles. The summed E-state index contributed by atoms with van der Waals surface area (Å²) in [4.78, 5) is 12.7. The van der Waals surface area contributed by atoms with Crippen molar-refractivity contribution in [2.24, 2.45) is 5.73 Å². The molecule has 3 N–H and O–H groups in total. The first-order valence-corrected chi connectivity index (χ1v) is 8.60. The van der Waals surface area contributed by atoms with Crippen molar-refractivity contribution in [2.75, 3.05) is 5.32 Å². The number of hydrogen-bond donors (Lipinski definition) is 2. The summed E-state index contributed by atoms with van der Waals surface area (Å²) in [5, 5.41) is 3.40. The fourth-order valence-electron chi connectivity index (χ4n) is 2.94. The van der Waals surface area contributed by atoms with Crippen molar-refractivity contribution < 1.29 is 9.53 Å². The topological polar surface area (TPSA) is 64.3 Å². The van der Waals surface area contributed by atoms with E-state index in [1.165, 1.54) is 12.8 Å². The lowest BCUT2D eigenvalue weighted by molar-refractivity contribution is 0.101. The van der Waals surface area contributed by atoms with Crippen LogP contribution in [-0.4, -0.2) is 12.0 Å². The SMILES string of the molecule is NCc1cccc(NC(=O)c2cc(Cl)ccc2OC2CCCC2)c1. The van der Waals surface area contributed by atoms with Gasteiger partial charge in [-0.15, -0.1) is 0 Å². The molecule has 0 heterocycles. The lowest BCUT2D eigenvalue weighted by Crippen LogP contribution is -2.17. The number of benzene rings is 2. The van der Waals surface area contributed by atoms with Gasteiger partial charge in [0.25, 0.3) is 5.91 Å². The smallest absolute Gasteiger partial charge is 0.259 e. The molecule has 0 aromatic heterocycles. The van der Waals surface area contributed by atoms with Gasteiger partial charge < -0.3 is 15.8 Å². The molecule has 2 aromatic carbocycles. The Kier molecular flexibility index (Phi) is 5.38. The number of hydrogen-bond acceptors (Lipinski definition) is 3. The van der Waals surface area contributed by atoms with Crippen LogP contribution in [0.5, 0.6) is 5.75 Å². The van der Waals surface area contributed by atoms with Gasteiger partial charge in [0, 0.05) is 17.3 Å². The molecule has 1 saturated carbocycles. The van der Waals surface area contributed by atoms with Crippen LogP contribution in [0.25, 0.3) is 0 Å². The second kappa shape index (κ2) is 7.69. The molecule has 0 bridgehead atoms. The number of carbonyl (C=O) groups is 1. The van der Waals surface area contributed by atoms with Crippen LogP contribution in [0.2, 0.25) is 5.02 Å². The Morgan fingerprint density at radius 1 is 1.21 bits per heavy atom. The van der Waals surface area contributed by atoms with Crippen molar-refractivity contribution in [1.29, 1.82) is 0 Å². The van der Waals surface area contributed by atoms with Crippen LogP contribution in [0.15, 0.2) is 42.5 Å². The number of nitrogens with one attached hydrogen (secondary N) is 1. The molecule has 0 saturated heterocycles. The van der Waals surface area contributed by atoms with Gasteiger partial charge in [0.2, 0.25) is 0 Å². The molecular formula is C19H21ClN2O2. The predicted molar refractivity (Wildman–Crippen MR) is 96.6 cm³/mol. The lowest BCUT2D eigenvalue weighted by atomic mass is 10.1. The van der Waals surface area contributed by atoms with Crippen molar-refractivity contribution in [3.05, 3.63) is 58.6 Å². The van der Waals surface area contributed by atoms with Crippen LogP contribution in [0.1, 0.15) is 41.6 Å².